The molecule has 0 aromatic rings. The Morgan fingerprint density at radius 2 is 0.786 bits per heavy atom. The van der Waals surface area contributed by atoms with Gasteiger partial charge in [-0.3, -0.25) is 0 Å². The third-order valence-corrected chi connectivity index (χ3v) is 6.89. The Hall–Kier alpha value is -0.460. The molecule has 0 N–H and O–H groups in total. The minimum atomic E-state index is -2.69. The van der Waals surface area contributed by atoms with Gasteiger partial charge in [0.05, 0.1) is 0 Å². The smallest absolute Gasteiger partial charge is 0.271 e. The monoisotopic (exact) mass is 825 g/mol. The summed E-state index contributed by atoms with van der Waals surface area (Å²) in [6.45, 7) is 51.2. The summed E-state index contributed by atoms with van der Waals surface area (Å²) >= 11 is 0. The van der Waals surface area contributed by atoms with E-state index in [0.29, 0.717) is 21.7 Å². The lowest BCUT2D eigenvalue weighted by molar-refractivity contribution is -0.0885. The highest BCUT2D eigenvalue weighted by molar-refractivity contribution is 4.91. The first-order valence-corrected chi connectivity index (χ1v) is 20.5. The zero-order chi connectivity index (χ0) is 45.2. The van der Waals surface area contributed by atoms with Crippen molar-refractivity contribution in [2.75, 3.05) is 13.7 Å². The molecule has 1 aliphatic rings. The van der Waals surface area contributed by atoms with Crippen molar-refractivity contribution in [3.05, 3.63) is 0 Å². The van der Waals surface area contributed by atoms with E-state index in [9.17, 15) is 26.3 Å². The Labute approximate surface area is 350 Å². The van der Waals surface area contributed by atoms with Crippen molar-refractivity contribution in [3.63, 3.8) is 0 Å². The molecular weight excluding hydrogens is 719 g/mol. The molecule has 1 nitrogen and oxygen atoms in total. The van der Waals surface area contributed by atoms with E-state index in [1.807, 2.05) is 20.8 Å². The lowest BCUT2D eigenvalue weighted by atomic mass is 9.78. The molecule has 0 radical (unpaired) electrons. The van der Waals surface area contributed by atoms with Gasteiger partial charge in [-0.2, -0.15) is 0 Å². The van der Waals surface area contributed by atoms with Crippen molar-refractivity contribution in [1.82, 2.24) is 0 Å². The fraction of sp³-hybridized carbons (Fsp3) is 1.00. The quantitative estimate of drug-likeness (QED) is 0.232. The van der Waals surface area contributed by atoms with Crippen molar-refractivity contribution in [2.45, 2.75) is 258 Å². The predicted molar refractivity (Wildman–Crippen MR) is 243 cm³/mol. The van der Waals surface area contributed by atoms with Crippen molar-refractivity contribution in [2.24, 2.45) is 49.2 Å². The van der Waals surface area contributed by atoms with E-state index in [4.69, 9.17) is 0 Å². The molecule has 350 valence electrons. The van der Waals surface area contributed by atoms with E-state index < -0.39 is 24.9 Å². The number of rotatable bonds is 7. The third-order valence-electron chi connectivity index (χ3n) is 6.89. The number of hydrogen-bond acceptors (Lipinski definition) is 1. The number of methoxy groups -OCH3 is 1. The second-order valence-corrected chi connectivity index (χ2v) is 25.5. The van der Waals surface area contributed by atoms with Gasteiger partial charge in [-0.05, 0) is 88.3 Å². The Bertz CT molecular complexity index is 794. The largest absolute Gasteiger partial charge is 0.378 e. The Morgan fingerprint density at radius 1 is 0.482 bits per heavy atom. The summed E-state index contributed by atoms with van der Waals surface area (Å²) < 4.78 is 77.5. The molecule has 0 unspecified atom stereocenters. The fourth-order valence-corrected chi connectivity index (χ4v) is 6.92. The highest BCUT2D eigenvalue weighted by atomic mass is 19.3. The maximum absolute atomic E-state index is 12.8. The van der Waals surface area contributed by atoms with E-state index in [2.05, 4.69) is 109 Å². The van der Waals surface area contributed by atoms with Gasteiger partial charge in [0.2, 0.25) is 12.3 Å². The summed E-state index contributed by atoms with van der Waals surface area (Å²) in [6, 6.07) is 0. The van der Waals surface area contributed by atoms with Crippen LogP contribution in [0.4, 0.5) is 26.3 Å². The molecule has 0 aromatic heterocycles. The van der Waals surface area contributed by atoms with Gasteiger partial charge in [-0.1, -0.05) is 181 Å². The molecule has 1 aliphatic carbocycles. The van der Waals surface area contributed by atoms with E-state index in [1.165, 1.54) is 39.2 Å². The van der Waals surface area contributed by atoms with Crippen molar-refractivity contribution in [1.29, 1.82) is 0 Å². The van der Waals surface area contributed by atoms with Crippen molar-refractivity contribution in [3.8, 4) is 0 Å². The van der Waals surface area contributed by atoms with Gasteiger partial charge < -0.3 is 4.74 Å². The molecule has 7 heteroatoms. The Morgan fingerprint density at radius 3 is 0.857 bits per heavy atom. The van der Waals surface area contributed by atoms with Crippen LogP contribution in [-0.4, -0.2) is 32.0 Å². The standard InChI is InChI=1S/C9H18.C9H20.C8H16F2O.C8H18.C7H14F2.C6H12F2.2CH4/c1-8(2,3)7-9(4)5-6-9;1-8(2,3)7-9(4,5)6;1-7(2,3)5-8(9,10)6-11-4;1-7(2)6-8(3,4)5;1-6(2,3)5-7(4,8)9;1-6(2,3)4-5(7)8;;/h5-7H2,1-4H3;7H2,1-6H3;5-6H2,1-4H3;7H,6H2,1-5H3;5H2,1-4H3;5H,4H2,1-3H3;2*1H4. The molecule has 1 saturated carbocycles. The predicted octanol–water partition coefficient (Wildman–Crippen LogP) is 19.5. The van der Waals surface area contributed by atoms with Crippen LogP contribution in [0, 0.1) is 49.2 Å². The highest BCUT2D eigenvalue weighted by Gasteiger charge is 2.40. The zero-order valence-electron chi connectivity index (χ0n) is 41.2. The molecular formula is C49H106F6O. The van der Waals surface area contributed by atoms with E-state index in [0.717, 1.165) is 18.3 Å². The number of alkyl halides is 6. The summed E-state index contributed by atoms with van der Waals surface area (Å²) in [5, 5.41) is 0. The average molecular weight is 825 g/mol. The molecule has 56 heavy (non-hydrogen) atoms. The van der Waals surface area contributed by atoms with Gasteiger partial charge >= 0.3 is 0 Å². The fourth-order valence-electron chi connectivity index (χ4n) is 6.92. The normalized spacial score (nSPS) is 14.7. The molecule has 0 amide bonds. The average Bonchev–Trinajstić information content (AvgIpc) is 3.39. The summed E-state index contributed by atoms with van der Waals surface area (Å²) in [7, 11) is 1.29. The molecule has 1 fully saturated rings. The highest BCUT2D eigenvalue weighted by Crippen LogP contribution is 2.52. The van der Waals surface area contributed by atoms with Crippen LogP contribution in [0.3, 0.4) is 0 Å². The number of halogens is 6. The molecule has 0 atom stereocenters. The van der Waals surface area contributed by atoms with Gasteiger partial charge in [-0.25, -0.2) is 26.3 Å². The summed E-state index contributed by atoms with van der Waals surface area (Å²) in [5.74, 6) is -4.36. The van der Waals surface area contributed by atoms with Crippen LogP contribution in [0.2, 0.25) is 0 Å². The first kappa shape index (κ1) is 70.1. The van der Waals surface area contributed by atoms with Gasteiger partial charge in [0.25, 0.3) is 5.92 Å². The molecule has 0 saturated heterocycles. The van der Waals surface area contributed by atoms with Gasteiger partial charge in [0.15, 0.2) is 0 Å². The SMILES string of the molecule is C.C.CC(C)(C)CC(C)(C)C.CC(C)(C)CC(C)(F)F.CC(C)(C)CC(F)F.CC(C)(C)CC1(C)CC1.CC(C)CC(C)(C)C.COCC(F)(F)CC(C)(C)C. The van der Waals surface area contributed by atoms with Crippen LogP contribution in [0.1, 0.15) is 239 Å². The van der Waals surface area contributed by atoms with Crippen molar-refractivity contribution >= 4 is 0 Å². The topological polar surface area (TPSA) is 9.23 Å². The molecule has 0 heterocycles. The maximum Gasteiger partial charge on any atom is 0.271 e. The minimum absolute atomic E-state index is 0. The van der Waals surface area contributed by atoms with Crippen LogP contribution in [-0.2, 0) is 4.74 Å². The second-order valence-electron chi connectivity index (χ2n) is 25.5. The molecule has 1 rings (SSSR count). The molecule has 0 bridgehead atoms. The number of ether oxygens (including phenoxy) is 1. The molecule has 0 aliphatic heterocycles. The second kappa shape index (κ2) is 27.4. The van der Waals surface area contributed by atoms with Gasteiger partial charge in [0.1, 0.15) is 6.61 Å². The van der Waals surface area contributed by atoms with Crippen LogP contribution < -0.4 is 0 Å². The zero-order valence-corrected chi connectivity index (χ0v) is 41.2. The Balaban J connectivity index is -0.000000102. The van der Waals surface area contributed by atoms with Gasteiger partial charge in [0, 0.05) is 26.4 Å². The summed E-state index contributed by atoms with van der Waals surface area (Å²) in [6.07, 6.45) is 4.61. The van der Waals surface area contributed by atoms with Crippen LogP contribution in [0.25, 0.3) is 0 Å². The summed E-state index contributed by atoms with van der Waals surface area (Å²) in [4.78, 5) is 0. The third kappa shape index (κ3) is 81.7. The Kier molecular flexibility index (Phi) is 34.3. The van der Waals surface area contributed by atoms with E-state index in [-0.39, 0.29) is 50.4 Å². The maximum atomic E-state index is 12.8. The van der Waals surface area contributed by atoms with Crippen LogP contribution >= 0.6 is 0 Å². The van der Waals surface area contributed by atoms with E-state index >= 15 is 0 Å². The van der Waals surface area contributed by atoms with Gasteiger partial charge in [-0.15, -0.1) is 0 Å². The minimum Gasteiger partial charge on any atom is -0.378 e. The molecule has 0 aromatic carbocycles. The summed E-state index contributed by atoms with van der Waals surface area (Å²) in [5.41, 5.74) is 1.93. The van der Waals surface area contributed by atoms with E-state index in [1.54, 1.807) is 41.5 Å². The molecule has 0 spiro atoms. The van der Waals surface area contributed by atoms with Crippen LogP contribution in [0.15, 0.2) is 0 Å². The lowest BCUT2D eigenvalue weighted by Crippen LogP contribution is -2.28. The van der Waals surface area contributed by atoms with Crippen molar-refractivity contribution < 1.29 is 31.1 Å². The first-order chi connectivity index (χ1) is 22.9. The van der Waals surface area contributed by atoms with Crippen LogP contribution in [0.5, 0.6) is 0 Å². The lowest BCUT2D eigenvalue weighted by Gasteiger charge is -2.28. The first-order valence-electron chi connectivity index (χ1n) is 20.5. The number of hydrogen-bond donors (Lipinski definition) is 0.